The van der Waals surface area contributed by atoms with Crippen molar-refractivity contribution in [3.8, 4) is 0 Å². The van der Waals surface area contributed by atoms with Crippen LogP contribution in [-0.4, -0.2) is 54.3 Å². The summed E-state index contributed by atoms with van der Waals surface area (Å²) in [6, 6.07) is 0. The van der Waals surface area contributed by atoms with E-state index in [4.69, 9.17) is 9.26 Å². The molecule has 0 aromatic rings. The van der Waals surface area contributed by atoms with E-state index >= 15 is 0 Å². The van der Waals surface area contributed by atoms with Crippen molar-refractivity contribution in [1.82, 2.24) is 5.32 Å². The molecule has 9 nitrogen and oxygen atoms in total. The largest absolute Gasteiger partial charge is 0.472 e. The Balaban J connectivity index is 3.54. The number of unbranched alkanes of at least 4 members (excludes halogenated alkanes) is 12. The predicted octanol–water partition coefficient (Wildman–Crippen LogP) is 5.03. The van der Waals surface area contributed by atoms with Crippen LogP contribution in [0.1, 0.15) is 110 Å². The lowest BCUT2D eigenvalue weighted by Crippen LogP contribution is -2.27. The number of hydrogen-bond donors (Lipinski definition) is 3. The Morgan fingerprint density at radius 3 is 1.88 bits per heavy atom. The molecule has 3 N–H and O–H groups in total. The third kappa shape index (κ3) is 22.8. The van der Waals surface area contributed by atoms with Gasteiger partial charge in [0, 0.05) is 19.4 Å². The van der Waals surface area contributed by atoms with Gasteiger partial charge in [0.25, 0.3) is 0 Å². The molecule has 34 heavy (non-hydrogen) atoms. The molecule has 0 fully saturated rings. The Kier molecular flexibility index (Phi) is 21.8. The van der Waals surface area contributed by atoms with E-state index in [1.54, 1.807) is 6.92 Å². The van der Waals surface area contributed by atoms with Crippen molar-refractivity contribution >= 4 is 19.7 Å². The number of carbonyl (C=O) groups is 2. The molecule has 2 atom stereocenters. The van der Waals surface area contributed by atoms with Crippen LogP contribution in [0.25, 0.3) is 0 Å². The van der Waals surface area contributed by atoms with E-state index in [2.05, 4.69) is 16.8 Å². The predicted molar refractivity (Wildman–Crippen MR) is 132 cm³/mol. The van der Waals surface area contributed by atoms with Gasteiger partial charge >= 0.3 is 13.8 Å². The van der Waals surface area contributed by atoms with E-state index in [1.165, 1.54) is 64.2 Å². The van der Waals surface area contributed by atoms with Crippen LogP contribution in [0.15, 0.2) is 0 Å². The summed E-state index contributed by atoms with van der Waals surface area (Å²) in [4.78, 5) is 32.4. The van der Waals surface area contributed by atoms with Gasteiger partial charge in [-0.25, -0.2) is 4.57 Å². The molecule has 1 amide bonds. The van der Waals surface area contributed by atoms with Gasteiger partial charge in [-0.15, -0.1) is 0 Å². The summed E-state index contributed by atoms with van der Waals surface area (Å²) in [5.74, 6) is -0.606. The summed E-state index contributed by atoms with van der Waals surface area (Å²) in [5.41, 5.74) is 0. The zero-order valence-electron chi connectivity index (χ0n) is 21.3. The molecule has 10 heteroatoms. The Morgan fingerprint density at radius 2 is 1.35 bits per heavy atom. The van der Waals surface area contributed by atoms with Gasteiger partial charge in [-0.2, -0.15) is 0 Å². The first-order valence-corrected chi connectivity index (χ1v) is 14.5. The maximum absolute atomic E-state index is 11.8. The molecular weight excluding hydrogens is 461 g/mol. The number of aliphatic hydroxyl groups excluding tert-OH is 1. The quantitative estimate of drug-likeness (QED) is 0.0938. The zero-order valence-corrected chi connectivity index (χ0v) is 22.2. The SMILES string of the molecule is CCCCCCCCCCCCCCCC(=O)NCCOP(=O)(O)OCC(O)COC(=O)CC. The third-order valence-corrected chi connectivity index (χ3v) is 6.33. The summed E-state index contributed by atoms with van der Waals surface area (Å²) >= 11 is 0. The van der Waals surface area contributed by atoms with Crippen molar-refractivity contribution in [3.63, 3.8) is 0 Å². The smallest absolute Gasteiger partial charge is 0.463 e. The maximum atomic E-state index is 11.8. The fraction of sp³-hybridized carbons (Fsp3) is 0.917. The van der Waals surface area contributed by atoms with Crippen LogP contribution in [0.2, 0.25) is 0 Å². The van der Waals surface area contributed by atoms with E-state index in [0.717, 1.165) is 19.3 Å². The summed E-state index contributed by atoms with van der Waals surface area (Å²) in [6.45, 7) is 2.89. The summed E-state index contributed by atoms with van der Waals surface area (Å²) in [6.07, 6.45) is 15.6. The number of esters is 1. The fourth-order valence-corrected chi connectivity index (χ4v) is 4.06. The van der Waals surface area contributed by atoms with Crippen LogP contribution in [0, 0.1) is 0 Å². The molecule has 2 unspecified atom stereocenters. The Bertz CT molecular complexity index is 561. The highest BCUT2D eigenvalue weighted by molar-refractivity contribution is 7.47. The molecule has 0 radical (unpaired) electrons. The van der Waals surface area contributed by atoms with Crippen molar-refractivity contribution in [2.75, 3.05) is 26.4 Å². The summed E-state index contributed by atoms with van der Waals surface area (Å²) < 4.78 is 25.9. The van der Waals surface area contributed by atoms with Gasteiger partial charge in [-0.05, 0) is 6.42 Å². The second kappa shape index (κ2) is 22.5. The molecule has 0 aromatic carbocycles. The van der Waals surface area contributed by atoms with Gasteiger partial charge < -0.3 is 20.1 Å². The standard InChI is InChI=1S/C24H48NO8P/c1-3-5-6-7-8-9-10-11-12-13-14-15-16-17-23(27)25-18-19-32-34(29,30)33-21-22(26)20-31-24(28)4-2/h22,26H,3-21H2,1-2H3,(H,25,27)(H,29,30). The van der Waals surface area contributed by atoms with E-state index in [-0.39, 0.29) is 32.1 Å². The monoisotopic (exact) mass is 509 g/mol. The minimum atomic E-state index is -4.36. The average Bonchev–Trinajstić information content (AvgIpc) is 2.82. The second-order valence-electron chi connectivity index (χ2n) is 8.63. The van der Waals surface area contributed by atoms with Crippen molar-refractivity contribution < 1.29 is 37.9 Å². The minimum Gasteiger partial charge on any atom is -0.463 e. The van der Waals surface area contributed by atoms with Crippen LogP contribution in [0.4, 0.5) is 0 Å². The number of hydrogen-bond acceptors (Lipinski definition) is 7. The highest BCUT2D eigenvalue weighted by atomic mass is 31.2. The molecule has 0 aromatic heterocycles. The minimum absolute atomic E-state index is 0.0852. The van der Waals surface area contributed by atoms with E-state index in [0.29, 0.717) is 6.42 Å². The third-order valence-electron chi connectivity index (χ3n) is 5.34. The number of amides is 1. The number of rotatable bonds is 24. The van der Waals surface area contributed by atoms with E-state index in [9.17, 15) is 24.2 Å². The van der Waals surface area contributed by atoms with Crippen LogP contribution in [0.5, 0.6) is 0 Å². The molecular formula is C24H48NO8P. The number of aliphatic hydroxyl groups is 1. The van der Waals surface area contributed by atoms with E-state index in [1.807, 2.05) is 0 Å². The first-order valence-electron chi connectivity index (χ1n) is 13.0. The first kappa shape index (κ1) is 33.0. The lowest BCUT2D eigenvalue weighted by Gasteiger charge is -2.15. The number of phosphoric ester groups is 1. The molecule has 0 saturated carbocycles. The van der Waals surface area contributed by atoms with Crippen molar-refractivity contribution in [3.05, 3.63) is 0 Å². The Labute approximate surface area is 205 Å². The topological polar surface area (TPSA) is 131 Å². The molecule has 0 aliphatic rings. The molecule has 0 rings (SSSR count). The normalized spacial score (nSPS) is 13.9. The van der Waals surface area contributed by atoms with E-state index < -0.39 is 26.5 Å². The van der Waals surface area contributed by atoms with Gasteiger partial charge in [0.1, 0.15) is 12.7 Å². The highest BCUT2D eigenvalue weighted by Crippen LogP contribution is 2.42. The average molecular weight is 510 g/mol. The van der Waals surface area contributed by atoms with Crippen LogP contribution >= 0.6 is 7.82 Å². The Hall–Kier alpha value is -0.990. The molecule has 0 bridgehead atoms. The first-order chi connectivity index (χ1) is 16.3. The molecule has 202 valence electrons. The van der Waals surface area contributed by atoms with Gasteiger partial charge in [0.05, 0.1) is 13.2 Å². The van der Waals surface area contributed by atoms with Crippen LogP contribution in [-0.2, 0) is 27.9 Å². The number of nitrogens with one attached hydrogen (secondary N) is 1. The second-order valence-corrected chi connectivity index (χ2v) is 10.1. The molecule has 0 aliphatic heterocycles. The zero-order chi connectivity index (χ0) is 25.5. The molecule has 0 saturated heterocycles. The van der Waals surface area contributed by atoms with Crippen molar-refractivity contribution in [1.29, 1.82) is 0 Å². The summed E-state index contributed by atoms with van der Waals surface area (Å²) in [5, 5.41) is 12.2. The van der Waals surface area contributed by atoms with Crippen LogP contribution in [0.3, 0.4) is 0 Å². The van der Waals surface area contributed by atoms with Crippen molar-refractivity contribution in [2.24, 2.45) is 0 Å². The van der Waals surface area contributed by atoms with Gasteiger partial charge in [0.15, 0.2) is 0 Å². The Morgan fingerprint density at radius 1 is 0.824 bits per heavy atom. The lowest BCUT2D eigenvalue weighted by atomic mass is 10.0. The van der Waals surface area contributed by atoms with Gasteiger partial charge in [-0.1, -0.05) is 90.9 Å². The molecule has 0 aliphatic carbocycles. The fourth-order valence-electron chi connectivity index (χ4n) is 3.30. The highest BCUT2D eigenvalue weighted by Gasteiger charge is 2.23. The molecule has 0 heterocycles. The maximum Gasteiger partial charge on any atom is 0.472 e. The summed E-state index contributed by atoms with van der Waals surface area (Å²) in [7, 11) is -4.36. The molecule has 0 spiro atoms. The number of ether oxygens (including phenoxy) is 1. The lowest BCUT2D eigenvalue weighted by molar-refractivity contribution is -0.146. The van der Waals surface area contributed by atoms with Crippen LogP contribution < -0.4 is 5.32 Å². The van der Waals surface area contributed by atoms with Crippen molar-refractivity contribution in [2.45, 2.75) is 116 Å². The number of carbonyl (C=O) groups excluding carboxylic acids is 2. The number of phosphoric acid groups is 1. The van der Waals surface area contributed by atoms with Gasteiger partial charge in [0.2, 0.25) is 5.91 Å². The van der Waals surface area contributed by atoms with Gasteiger partial charge in [-0.3, -0.25) is 18.6 Å².